The molecule has 2 amide bonds. The number of aromatic nitrogens is 3. The molecule has 210 valence electrons. The number of fused-ring (bicyclic) bond motifs is 1. The second-order valence-electron chi connectivity index (χ2n) is 11.4. The quantitative estimate of drug-likeness (QED) is 0.305. The van der Waals surface area contributed by atoms with Gasteiger partial charge in [-0.15, -0.1) is 0 Å². The van der Waals surface area contributed by atoms with Crippen LogP contribution in [0.2, 0.25) is 0 Å². The second kappa shape index (κ2) is 11.2. The van der Waals surface area contributed by atoms with Gasteiger partial charge in [0.2, 0.25) is 5.91 Å². The zero-order chi connectivity index (χ0) is 28.4. The van der Waals surface area contributed by atoms with Gasteiger partial charge in [0.25, 0.3) is 5.91 Å². The fraction of sp³-hybridized carbons (Fsp3) is 0.483. The van der Waals surface area contributed by atoms with Crippen LogP contribution in [0, 0.1) is 23.2 Å². The number of carbonyl (C=O) groups is 2. The standard InChI is InChI=1S/C29H34FN7O3/c1-29(2,40)26(30)16-34-28(39)22-15-32-24(25-7-6-21-10-18(12-31)14-35-37(21)25)11-23(22)36-20-8-17(9-20)13-33-27(38)19-4-3-5-19/h6-7,10-11,14-15,17,19-20,26,40H,3-5,8-9,13,16H2,1-2H3,(H,32,36)(H,33,38)(H,34,39)/t17?,20?,26-/m1/s1. The third-order valence-corrected chi connectivity index (χ3v) is 7.89. The Hall–Kier alpha value is -4.04. The van der Waals surface area contributed by atoms with E-state index in [9.17, 15) is 24.3 Å². The van der Waals surface area contributed by atoms with E-state index in [1.807, 2.05) is 12.1 Å². The van der Waals surface area contributed by atoms with Gasteiger partial charge in [-0.2, -0.15) is 10.4 Å². The van der Waals surface area contributed by atoms with Gasteiger partial charge in [0.05, 0.1) is 52.1 Å². The van der Waals surface area contributed by atoms with Gasteiger partial charge < -0.3 is 21.1 Å². The van der Waals surface area contributed by atoms with Crippen LogP contribution < -0.4 is 16.0 Å². The van der Waals surface area contributed by atoms with Crippen LogP contribution in [-0.4, -0.2) is 62.4 Å². The molecular formula is C29H34FN7O3. The van der Waals surface area contributed by atoms with Crippen LogP contribution >= 0.6 is 0 Å². The van der Waals surface area contributed by atoms with Gasteiger partial charge >= 0.3 is 0 Å². The Morgan fingerprint density at radius 2 is 2.00 bits per heavy atom. The predicted octanol–water partition coefficient (Wildman–Crippen LogP) is 3.21. The van der Waals surface area contributed by atoms with Crippen molar-refractivity contribution in [3.63, 3.8) is 0 Å². The highest BCUT2D eigenvalue weighted by molar-refractivity contribution is 6.00. The highest BCUT2D eigenvalue weighted by Gasteiger charge is 2.32. The fourth-order valence-corrected chi connectivity index (χ4v) is 4.98. The first-order chi connectivity index (χ1) is 19.1. The van der Waals surface area contributed by atoms with Crippen molar-refractivity contribution in [2.45, 2.75) is 63.8 Å². The number of carbonyl (C=O) groups excluding carboxylic acids is 2. The second-order valence-corrected chi connectivity index (χ2v) is 11.4. The molecule has 2 fully saturated rings. The number of nitriles is 1. The summed E-state index contributed by atoms with van der Waals surface area (Å²) in [6.07, 6.45) is 6.02. The van der Waals surface area contributed by atoms with Crippen molar-refractivity contribution in [2.24, 2.45) is 11.8 Å². The van der Waals surface area contributed by atoms with E-state index < -0.39 is 17.7 Å². The van der Waals surface area contributed by atoms with Gasteiger partial charge in [-0.25, -0.2) is 8.91 Å². The molecule has 0 radical (unpaired) electrons. The number of alkyl halides is 1. The van der Waals surface area contributed by atoms with E-state index in [0.29, 0.717) is 35.1 Å². The molecule has 4 N–H and O–H groups in total. The van der Waals surface area contributed by atoms with Crippen LogP contribution in [0.1, 0.15) is 61.9 Å². The van der Waals surface area contributed by atoms with E-state index in [1.54, 1.807) is 16.6 Å². The average Bonchev–Trinajstić information content (AvgIpc) is 3.29. The molecule has 5 rings (SSSR count). The van der Waals surface area contributed by atoms with Crippen LogP contribution in [0.25, 0.3) is 16.9 Å². The van der Waals surface area contributed by atoms with Gasteiger partial charge in [-0.3, -0.25) is 14.6 Å². The van der Waals surface area contributed by atoms with Gasteiger partial charge in [0, 0.05) is 24.7 Å². The SMILES string of the molecule is CC(C)(O)[C@H](F)CNC(=O)c1cnc(-c2ccc3cc(C#N)cnn23)cc1NC1CC(CNC(=O)C2CCC2)C1. The van der Waals surface area contributed by atoms with Gasteiger partial charge in [-0.1, -0.05) is 6.42 Å². The summed E-state index contributed by atoms with van der Waals surface area (Å²) in [5, 5.41) is 32.5. The van der Waals surface area contributed by atoms with Crippen LogP contribution in [0.15, 0.2) is 36.7 Å². The molecule has 0 aliphatic heterocycles. The number of halogens is 1. The number of anilines is 1. The van der Waals surface area contributed by atoms with Crippen LogP contribution in [-0.2, 0) is 4.79 Å². The lowest BCUT2D eigenvalue weighted by molar-refractivity contribution is -0.127. The van der Waals surface area contributed by atoms with Gasteiger partial charge in [0.1, 0.15) is 12.2 Å². The van der Waals surface area contributed by atoms with Crippen molar-refractivity contribution in [1.29, 1.82) is 5.26 Å². The molecule has 10 nitrogen and oxygen atoms in total. The van der Waals surface area contributed by atoms with Crippen LogP contribution in [0.4, 0.5) is 10.1 Å². The van der Waals surface area contributed by atoms with Crippen molar-refractivity contribution in [1.82, 2.24) is 25.2 Å². The number of nitrogens with zero attached hydrogens (tertiary/aromatic N) is 4. The van der Waals surface area contributed by atoms with E-state index in [0.717, 1.165) is 37.6 Å². The monoisotopic (exact) mass is 547 g/mol. The summed E-state index contributed by atoms with van der Waals surface area (Å²) < 4.78 is 16.0. The predicted molar refractivity (Wildman–Crippen MR) is 147 cm³/mol. The number of hydrogen-bond donors (Lipinski definition) is 4. The Morgan fingerprint density at radius 3 is 2.67 bits per heavy atom. The molecule has 0 aromatic carbocycles. The van der Waals surface area contributed by atoms with E-state index in [2.05, 4.69) is 32.1 Å². The molecule has 3 aromatic rings. The molecule has 2 saturated carbocycles. The fourth-order valence-electron chi connectivity index (χ4n) is 4.98. The molecule has 2 aliphatic carbocycles. The Labute approximate surface area is 232 Å². The molecule has 3 aromatic heterocycles. The first-order valence-corrected chi connectivity index (χ1v) is 13.7. The molecule has 1 atom stereocenters. The lowest BCUT2D eigenvalue weighted by Crippen LogP contribution is -2.44. The number of pyridine rings is 1. The van der Waals surface area contributed by atoms with E-state index in [-0.39, 0.29) is 30.0 Å². The minimum absolute atomic E-state index is 0.0954. The van der Waals surface area contributed by atoms with E-state index in [4.69, 9.17) is 0 Å². The molecule has 0 bridgehead atoms. The Balaban J connectivity index is 1.32. The maximum atomic E-state index is 14.3. The number of rotatable bonds is 10. The van der Waals surface area contributed by atoms with Gasteiger partial charge in [0.15, 0.2) is 0 Å². The molecule has 3 heterocycles. The number of hydrogen-bond acceptors (Lipinski definition) is 7. The maximum Gasteiger partial charge on any atom is 0.255 e. The number of nitrogens with one attached hydrogen (secondary N) is 3. The Morgan fingerprint density at radius 1 is 1.23 bits per heavy atom. The average molecular weight is 548 g/mol. The Bertz CT molecular complexity index is 1450. The molecule has 0 unspecified atom stereocenters. The summed E-state index contributed by atoms with van der Waals surface area (Å²) in [5.41, 5.74) is 1.66. The lowest BCUT2D eigenvalue weighted by Gasteiger charge is -2.37. The molecule has 0 saturated heterocycles. The third kappa shape index (κ3) is 5.92. The smallest absolute Gasteiger partial charge is 0.255 e. The van der Waals surface area contributed by atoms with Crippen LogP contribution in [0.5, 0.6) is 0 Å². The van der Waals surface area contributed by atoms with E-state index in [1.165, 1.54) is 26.2 Å². The summed E-state index contributed by atoms with van der Waals surface area (Å²) in [7, 11) is 0. The summed E-state index contributed by atoms with van der Waals surface area (Å²) in [6, 6.07) is 9.35. The lowest BCUT2D eigenvalue weighted by atomic mass is 9.79. The Kier molecular flexibility index (Phi) is 7.72. The largest absolute Gasteiger partial charge is 0.387 e. The van der Waals surface area contributed by atoms with E-state index >= 15 is 0 Å². The molecule has 11 heteroatoms. The topological polar surface area (TPSA) is 144 Å². The van der Waals surface area contributed by atoms with Crippen molar-refractivity contribution < 1.29 is 19.1 Å². The van der Waals surface area contributed by atoms with Crippen molar-refractivity contribution in [3.8, 4) is 17.5 Å². The number of amides is 2. The van der Waals surface area contributed by atoms with Crippen molar-refractivity contribution >= 4 is 23.0 Å². The summed E-state index contributed by atoms with van der Waals surface area (Å²) in [6.45, 7) is 3.00. The van der Waals surface area contributed by atoms with Crippen molar-refractivity contribution in [3.05, 3.63) is 47.8 Å². The van der Waals surface area contributed by atoms with Gasteiger partial charge in [-0.05, 0) is 69.7 Å². The summed E-state index contributed by atoms with van der Waals surface area (Å²) >= 11 is 0. The molecule has 2 aliphatic rings. The zero-order valence-corrected chi connectivity index (χ0v) is 22.7. The molecule has 0 spiro atoms. The maximum absolute atomic E-state index is 14.3. The first-order valence-electron chi connectivity index (χ1n) is 13.7. The normalized spacial score (nSPS) is 19.7. The van der Waals surface area contributed by atoms with Crippen LogP contribution in [0.3, 0.4) is 0 Å². The number of aliphatic hydroxyl groups is 1. The molecule has 40 heavy (non-hydrogen) atoms. The zero-order valence-electron chi connectivity index (χ0n) is 22.7. The minimum Gasteiger partial charge on any atom is -0.387 e. The summed E-state index contributed by atoms with van der Waals surface area (Å²) in [5.74, 6) is 0.158. The van der Waals surface area contributed by atoms with Crippen molar-refractivity contribution in [2.75, 3.05) is 18.4 Å². The first kappa shape index (κ1) is 27.5. The summed E-state index contributed by atoms with van der Waals surface area (Å²) in [4.78, 5) is 29.7. The highest BCUT2D eigenvalue weighted by Crippen LogP contribution is 2.33. The molecular weight excluding hydrogens is 513 g/mol. The third-order valence-electron chi connectivity index (χ3n) is 7.89. The minimum atomic E-state index is -1.64. The highest BCUT2D eigenvalue weighted by atomic mass is 19.1.